The van der Waals surface area contributed by atoms with E-state index < -0.39 is 0 Å². The lowest BCUT2D eigenvalue weighted by molar-refractivity contribution is 0.391. The van der Waals surface area contributed by atoms with Crippen molar-refractivity contribution in [1.82, 2.24) is 0 Å². The third-order valence-electron chi connectivity index (χ3n) is 3.69. The lowest BCUT2D eigenvalue weighted by atomic mass is 9.94. The molecule has 1 aromatic carbocycles. The summed E-state index contributed by atoms with van der Waals surface area (Å²) in [5.74, 6) is 2.40. The molecule has 2 rings (SSSR count). The van der Waals surface area contributed by atoms with E-state index in [0.29, 0.717) is 12.0 Å². The predicted octanol–water partition coefficient (Wildman–Crippen LogP) is 2.37. The molecule has 1 saturated carbocycles. The van der Waals surface area contributed by atoms with Crippen molar-refractivity contribution in [1.29, 1.82) is 0 Å². The van der Waals surface area contributed by atoms with Crippen LogP contribution in [0.2, 0.25) is 0 Å². The Morgan fingerprint density at radius 3 is 2.65 bits per heavy atom. The second kappa shape index (κ2) is 5.41. The Kier molecular flexibility index (Phi) is 3.89. The van der Waals surface area contributed by atoms with Crippen LogP contribution < -0.4 is 15.2 Å². The molecule has 1 aliphatic rings. The van der Waals surface area contributed by atoms with E-state index in [-0.39, 0.29) is 0 Å². The minimum atomic E-state index is 0.339. The zero-order valence-electron chi connectivity index (χ0n) is 10.6. The highest BCUT2D eigenvalue weighted by Gasteiger charge is 2.25. The highest BCUT2D eigenvalue weighted by atomic mass is 16.5. The van der Waals surface area contributed by atoms with Gasteiger partial charge in [0.2, 0.25) is 0 Å². The van der Waals surface area contributed by atoms with E-state index in [1.165, 1.54) is 18.4 Å². The van der Waals surface area contributed by atoms with E-state index in [4.69, 9.17) is 15.2 Å². The smallest absolute Gasteiger partial charge is 0.122 e. The summed E-state index contributed by atoms with van der Waals surface area (Å²) in [6.07, 6.45) is 4.61. The molecule has 0 radical (unpaired) electrons. The average molecular weight is 235 g/mol. The summed E-state index contributed by atoms with van der Waals surface area (Å²) in [6.45, 7) is 0. The summed E-state index contributed by atoms with van der Waals surface area (Å²) >= 11 is 0. The summed E-state index contributed by atoms with van der Waals surface area (Å²) in [6, 6.07) is 6.29. The number of hydrogen-bond acceptors (Lipinski definition) is 3. The molecule has 2 unspecified atom stereocenters. The van der Waals surface area contributed by atoms with Gasteiger partial charge in [-0.15, -0.1) is 0 Å². The Labute approximate surface area is 103 Å². The van der Waals surface area contributed by atoms with E-state index >= 15 is 0 Å². The largest absolute Gasteiger partial charge is 0.497 e. The van der Waals surface area contributed by atoms with Gasteiger partial charge in [-0.25, -0.2) is 0 Å². The molecule has 2 atom stereocenters. The van der Waals surface area contributed by atoms with Gasteiger partial charge in [0.1, 0.15) is 11.5 Å². The molecule has 0 aliphatic heterocycles. The summed E-state index contributed by atoms with van der Waals surface area (Å²) < 4.78 is 10.7. The fraction of sp³-hybridized carbons (Fsp3) is 0.571. The first-order valence-corrected chi connectivity index (χ1v) is 6.21. The van der Waals surface area contributed by atoms with Crippen molar-refractivity contribution in [2.45, 2.75) is 31.7 Å². The molecular formula is C14H21NO2. The molecular weight excluding hydrogens is 214 g/mol. The van der Waals surface area contributed by atoms with Gasteiger partial charge in [0, 0.05) is 6.04 Å². The lowest BCUT2D eigenvalue weighted by Crippen LogP contribution is -2.26. The molecule has 1 aromatic rings. The topological polar surface area (TPSA) is 44.5 Å². The first-order valence-electron chi connectivity index (χ1n) is 6.21. The number of rotatable bonds is 4. The van der Waals surface area contributed by atoms with E-state index in [1.807, 2.05) is 12.1 Å². The van der Waals surface area contributed by atoms with Gasteiger partial charge in [-0.05, 0) is 48.9 Å². The molecule has 1 aliphatic carbocycles. The van der Waals surface area contributed by atoms with Crippen LogP contribution in [0.5, 0.6) is 11.5 Å². The SMILES string of the molecule is COc1ccc(OC)c(CC2CCCC2N)c1. The maximum Gasteiger partial charge on any atom is 0.122 e. The Morgan fingerprint density at radius 1 is 1.24 bits per heavy atom. The molecule has 3 nitrogen and oxygen atoms in total. The van der Waals surface area contributed by atoms with E-state index in [2.05, 4.69) is 6.07 Å². The monoisotopic (exact) mass is 235 g/mol. The third-order valence-corrected chi connectivity index (χ3v) is 3.69. The van der Waals surface area contributed by atoms with Crippen LogP contribution in [0.25, 0.3) is 0 Å². The number of benzene rings is 1. The summed E-state index contributed by atoms with van der Waals surface area (Å²) in [4.78, 5) is 0. The van der Waals surface area contributed by atoms with Gasteiger partial charge in [0.05, 0.1) is 14.2 Å². The van der Waals surface area contributed by atoms with Crippen LogP contribution in [0.4, 0.5) is 0 Å². The summed E-state index contributed by atoms with van der Waals surface area (Å²) in [5.41, 5.74) is 7.32. The summed E-state index contributed by atoms with van der Waals surface area (Å²) in [7, 11) is 3.40. The standard InChI is InChI=1S/C14H21NO2/c1-16-12-6-7-14(17-2)11(9-12)8-10-4-3-5-13(10)15/h6-7,9-10,13H,3-5,8,15H2,1-2H3. The number of methoxy groups -OCH3 is 2. The zero-order chi connectivity index (χ0) is 12.3. The normalized spacial score (nSPS) is 23.7. The minimum Gasteiger partial charge on any atom is -0.497 e. The van der Waals surface area contributed by atoms with Crippen molar-refractivity contribution in [3.05, 3.63) is 23.8 Å². The van der Waals surface area contributed by atoms with Crippen LogP contribution in [0, 0.1) is 5.92 Å². The molecule has 0 bridgehead atoms. The van der Waals surface area contributed by atoms with Crippen molar-refractivity contribution in [3.63, 3.8) is 0 Å². The van der Waals surface area contributed by atoms with Gasteiger partial charge in [0.15, 0.2) is 0 Å². The maximum absolute atomic E-state index is 6.12. The van der Waals surface area contributed by atoms with Gasteiger partial charge in [0.25, 0.3) is 0 Å². The Bertz CT molecular complexity index is 378. The zero-order valence-corrected chi connectivity index (χ0v) is 10.6. The van der Waals surface area contributed by atoms with Crippen LogP contribution in [0.3, 0.4) is 0 Å². The number of nitrogens with two attached hydrogens (primary N) is 1. The Morgan fingerprint density at radius 2 is 2.06 bits per heavy atom. The number of ether oxygens (including phenoxy) is 2. The Hall–Kier alpha value is -1.22. The predicted molar refractivity (Wildman–Crippen MR) is 68.6 cm³/mol. The quantitative estimate of drug-likeness (QED) is 0.871. The maximum atomic E-state index is 6.12. The molecule has 0 saturated heterocycles. The molecule has 1 fully saturated rings. The average Bonchev–Trinajstić information content (AvgIpc) is 2.75. The highest BCUT2D eigenvalue weighted by molar-refractivity contribution is 5.40. The van der Waals surface area contributed by atoms with Crippen LogP contribution >= 0.6 is 0 Å². The van der Waals surface area contributed by atoms with Gasteiger partial charge >= 0.3 is 0 Å². The Balaban J connectivity index is 2.17. The van der Waals surface area contributed by atoms with Gasteiger partial charge in [-0.3, -0.25) is 0 Å². The van der Waals surface area contributed by atoms with E-state index in [0.717, 1.165) is 24.3 Å². The second-order valence-corrected chi connectivity index (χ2v) is 4.74. The molecule has 3 heteroatoms. The van der Waals surface area contributed by atoms with Crippen LogP contribution in [0.1, 0.15) is 24.8 Å². The first-order chi connectivity index (χ1) is 8.24. The highest BCUT2D eigenvalue weighted by Crippen LogP contribution is 2.32. The van der Waals surface area contributed by atoms with Gasteiger partial charge in [-0.1, -0.05) is 6.42 Å². The molecule has 0 heterocycles. The number of hydrogen-bond donors (Lipinski definition) is 1. The van der Waals surface area contributed by atoms with Crippen LogP contribution in [-0.2, 0) is 6.42 Å². The van der Waals surface area contributed by atoms with Crippen molar-refractivity contribution >= 4 is 0 Å². The molecule has 17 heavy (non-hydrogen) atoms. The molecule has 0 amide bonds. The fourth-order valence-electron chi connectivity index (χ4n) is 2.64. The summed E-state index contributed by atoms with van der Waals surface area (Å²) in [5, 5.41) is 0. The second-order valence-electron chi connectivity index (χ2n) is 4.74. The minimum absolute atomic E-state index is 0.339. The first kappa shape index (κ1) is 12.2. The van der Waals surface area contributed by atoms with Gasteiger partial charge in [-0.2, -0.15) is 0 Å². The van der Waals surface area contributed by atoms with Gasteiger partial charge < -0.3 is 15.2 Å². The van der Waals surface area contributed by atoms with E-state index in [9.17, 15) is 0 Å². The molecule has 0 aromatic heterocycles. The van der Waals surface area contributed by atoms with Crippen LogP contribution in [-0.4, -0.2) is 20.3 Å². The van der Waals surface area contributed by atoms with Crippen molar-refractivity contribution in [3.8, 4) is 11.5 Å². The molecule has 94 valence electrons. The lowest BCUT2D eigenvalue weighted by Gasteiger charge is -2.17. The molecule has 0 spiro atoms. The van der Waals surface area contributed by atoms with Crippen molar-refractivity contribution in [2.24, 2.45) is 11.7 Å². The molecule has 2 N–H and O–H groups in total. The fourth-order valence-corrected chi connectivity index (χ4v) is 2.64. The van der Waals surface area contributed by atoms with Crippen molar-refractivity contribution < 1.29 is 9.47 Å². The van der Waals surface area contributed by atoms with Crippen molar-refractivity contribution in [2.75, 3.05) is 14.2 Å². The van der Waals surface area contributed by atoms with E-state index in [1.54, 1.807) is 14.2 Å². The third kappa shape index (κ3) is 2.72. The van der Waals surface area contributed by atoms with Crippen LogP contribution in [0.15, 0.2) is 18.2 Å².